The molecule has 1 atom stereocenters. The highest BCUT2D eigenvalue weighted by molar-refractivity contribution is 5.94. The highest BCUT2D eigenvalue weighted by Gasteiger charge is 2.28. The summed E-state index contributed by atoms with van der Waals surface area (Å²) in [6, 6.07) is 5.47. The predicted octanol–water partition coefficient (Wildman–Crippen LogP) is 3.89. The maximum Gasteiger partial charge on any atom is 0.422 e. The van der Waals surface area contributed by atoms with Crippen molar-refractivity contribution in [3.63, 3.8) is 0 Å². The minimum Gasteiger partial charge on any atom is -0.468 e. The number of amides is 2. The largest absolute Gasteiger partial charge is 0.468 e. The van der Waals surface area contributed by atoms with Crippen molar-refractivity contribution < 1.29 is 27.5 Å². The number of nitrogens with zero attached hydrogens (tertiary/aromatic N) is 2. The van der Waals surface area contributed by atoms with Gasteiger partial charge in [-0.2, -0.15) is 13.2 Å². The third-order valence-electron chi connectivity index (χ3n) is 3.87. The highest BCUT2D eigenvalue weighted by atomic mass is 19.4. The predicted molar refractivity (Wildman–Crippen MR) is 104 cm³/mol. The summed E-state index contributed by atoms with van der Waals surface area (Å²) in [7, 11) is 0. The summed E-state index contributed by atoms with van der Waals surface area (Å²) in [6.07, 6.45) is -1.44. The van der Waals surface area contributed by atoms with Gasteiger partial charge in [-0.1, -0.05) is 13.8 Å². The molecule has 0 aromatic carbocycles. The van der Waals surface area contributed by atoms with E-state index < -0.39 is 24.7 Å². The fourth-order valence-electron chi connectivity index (χ4n) is 2.47. The standard InChI is InChI=1S/C20H23F3N4O3/c1-12(2)8-17(28)27-16-9-14(6-7-24-16)13(3)26-19(29)15-4-5-18(25-10-15)30-11-20(21,22)23/h4-7,9-10,12-13H,8,11H2,1-3H3,(H,26,29)(H,24,27,28). The van der Waals surface area contributed by atoms with Crippen molar-refractivity contribution in [2.75, 3.05) is 11.9 Å². The molecule has 0 saturated carbocycles. The van der Waals surface area contributed by atoms with Gasteiger partial charge in [0.05, 0.1) is 11.6 Å². The zero-order valence-corrected chi connectivity index (χ0v) is 16.8. The summed E-state index contributed by atoms with van der Waals surface area (Å²) in [5.41, 5.74) is 0.886. The molecule has 0 spiro atoms. The minimum absolute atomic E-state index is 0.148. The Morgan fingerprint density at radius 2 is 1.87 bits per heavy atom. The molecule has 0 saturated heterocycles. The summed E-state index contributed by atoms with van der Waals surface area (Å²) in [5.74, 6) is -0.241. The quantitative estimate of drug-likeness (QED) is 0.671. The normalized spacial score (nSPS) is 12.4. The van der Waals surface area contributed by atoms with Crippen LogP contribution in [0.4, 0.5) is 19.0 Å². The van der Waals surface area contributed by atoms with Crippen LogP contribution in [0, 0.1) is 5.92 Å². The Labute approximate surface area is 172 Å². The zero-order valence-electron chi connectivity index (χ0n) is 16.8. The monoisotopic (exact) mass is 424 g/mol. The van der Waals surface area contributed by atoms with Crippen LogP contribution < -0.4 is 15.4 Å². The first kappa shape index (κ1) is 23.1. The molecule has 1 unspecified atom stereocenters. The number of alkyl halides is 3. The van der Waals surface area contributed by atoms with E-state index in [9.17, 15) is 22.8 Å². The number of anilines is 1. The van der Waals surface area contributed by atoms with Gasteiger partial charge in [0.25, 0.3) is 5.91 Å². The number of hydrogen-bond acceptors (Lipinski definition) is 5. The molecule has 10 heteroatoms. The van der Waals surface area contributed by atoms with Crippen LogP contribution in [0.1, 0.15) is 49.2 Å². The van der Waals surface area contributed by atoms with E-state index in [4.69, 9.17) is 0 Å². The summed E-state index contributed by atoms with van der Waals surface area (Å²) in [4.78, 5) is 32.1. The molecule has 0 radical (unpaired) electrons. The van der Waals surface area contributed by atoms with Gasteiger partial charge in [-0.25, -0.2) is 9.97 Å². The van der Waals surface area contributed by atoms with Crippen molar-refractivity contribution >= 4 is 17.6 Å². The molecule has 162 valence electrons. The lowest BCUT2D eigenvalue weighted by molar-refractivity contribution is -0.154. The molecule has 0 fully saturated rings. The minimum atomic E-state index is -4.47. The van der Waals surface area contributed by atoms with Gasteiger partial charge >= 0.3 is 6.18 Å². The smallest absolute Gasteiger partial charge is 0.422 e. The van der Waals surface area contributed by atoms with Crippen molar-refractivity contribution in [2.45, 2.75) is 39.4 Å². The van der Waals surface area contributed by atoms with Gasteiger partial charge in [0.15, 0.2) is 6.61 Å². The maximum atomic E-state index is 12.4. The number of carbonyl (C=O) groups excluding carboxylic acids is 2. The number of pyridine rings is 2. The van der Waals surface area contributed by atoms with Crippen molar-refractivity contribution in [2.24, 2.45) is 5.92 Å². The topological polar surface area (TPSA) is 93.2 Å². The van der Waals surface area contributed by atoms with Gasteiger partial charge < -0.3 is 15.4 Å². The summed E-state index contributed by atoms with van der Waals surface area (Å²) >= 11 is 0. The fraction of sp³-hybridized carbons (Fsp3) is 0.400. The molecule has 2 amide bonds. The molecular weight excluding hydrogens is 401 g/mol. The summed E-state index contributed by atoms with van der Waals surface area (Å²) in [6.45, 7) is 4.16. The Morgan fingerprint density at radius 3 is 2.47 bits per heavy atom. The van der Waals surface area contributed by atoms with E-state index in [0.717, 1.165) is 11.8 Å². The van der Waals surface area contributed by atoms with Crippen LogP contribution in [0.15, 0.2) is 36.7 Å². The van der Waals surface area contributed by atoms with E-state index in [1.165, 1.54) is 18.3 Å². The Kier molecular flexibility index (Phi) is 7.73. The second-order valence-corrected chi connectivity index (χ2v) is 7.10. The van der Waals surface area contributed by atoms with Crippen LogP contribution in [0.3, 0.4) is 0 Å². The second kappa shape index (κ2) is 10.0. The molecule has 2 aromatic rings. The molecule has 7 nitrogen and oxygen atoms in total. The van der Waals surface area contributed by atoms with Crippen LogP contribution in [0.25, 0.3) is 0 Å². The van der Waals surface area contributed by atoms with Gasteiger partial charge in [-0.15, -0.1) is 0 Å². The van der Waals surface area contributed by atoms with Crippen LogP contribution >= 0.6 is 0 Å². The van der Waals surface area contributed by atoms with E-state index in [1.54, 1.807) is 19.1 Å². The third kappa shape index (κ3) is 7.69. The highest BCUT2D eigenvalue weighted by Crippen LogP contribution is 2.19. The average molecular weight is 424 g/mol. The lowest BCUT2D eigenvalue weighted by Gasteiger charge is -2.15. The zero-order chi connectivity index (χ0) is 22.3. The molecule has 2 rings (SSSR count). The molecule has 0 aliphatic carbocycles. The SMILES string of the molecule is CC(C)CC(=O)Nc1cc(C(C)NC(=O)c2ccc(OCC(F)(F)F)nc2)ccn1. The van der Waals surface area contributed by atoms with E-state index in [1.807, 2.05) is 13.8 Å². The Bertz CT molecular complexity index is 870. The molecule has 2 heterocycles. The Hall–Kier alpha value is -3.17. The Morgan fingerprint density at radius 1 is 1.13 bits per heavy atom. The average Bonchev–Trinajstić information content (AvgIpc) is 2.65. The van der Waals surface area contributed by atoms with Gasteiger partial charge in [0.2, 0.25) is 11.8 Å². The van der Waals surface area contributed by atoms with Crippen molar-refractivity contribution in [3.8, 4) is 5.88 Å². The first-order valence-corrected chi connectivity index (χ1v) is 9.26. The van der Waals surface area contributed by atoms with E-state index in [0.29, 0.717) is 12.2 Å². The number of rotatable bonds is 8. The first-order valence-electron chi connectivity index (χ1n) is 9.26. The van der Waals surface area contributed by atoms with E-state index in [-0.39, 0.29) is 23.3 Å². The number of ether oxygens (including phenoxy) is 1. The fourth-order valence-corrected chi connectivity index (χ4v) is 2.47. The second-order valence-electron chi connectivity index (χ2n) is 7.10. The maximum absolute atomic E-state index is 12.4. The number of nitrogens with one attached hydrogen (secondary N) is 2. The molecule has 0 aliphatic heterocycles. The lowest BCUT2D eigenvalue weighted by Crippen LogP contribution is -2.27. The molecule has 2 aromatic heterocycles. The van der Waals surface area contributed by atoms with E-state index >= 15 is 0 Å². The molecule has 30 heavy (non-hydrogen) atoms. The van der Waals surface area contributed by atoms with Gasteiger partial charge in [0, 0.05) is 24.9 Å². The van der Waals surface area contributed by atoms with Crippen LogP contribution in [-0.4, -0.2) is 34.6 Å². The van der Waals surface area contributed by atoms with Gasteiger partial charge in [-0.05, 0) is 36.6 Å². The van der Waals surface area contributed by atoms with Crippen molar-refractivity contribution in [3.05, 3.63) is 47.8 Å². The molecule has 2 N–H and O–H groups in total. The Balaban J connectivity index is 1.97. The van der Waals surface area contributed by atoms with Crippen molar-refractivity contribution in [1.29, 1.82) is 0 Å². The van der Waals surface area contributed by atoms with Crippen LogP contribution in [0.5, 0.6) is 5.88 Å². The number of hydrogen-bond donors (Lipinski definition) is 2. The lowest BCUT2D eigenvalue weighted by atomic mass is 10.1. The van der Waals surface area contributed by atoms with E-state index in [2.05, 4.69) is 25.3 Å². The van der Waals surface area contributed by atoms with Crippen LogP contribution in [0.2, 0.25) is 0 Å². The van der Waals surface area contributed by atoms with Gasteiger partial charge in [0.1, 0.15) is 5.82 Å². The van der Waals surface area contributed by atoms with Crippen molar-refractivity contribution in [1.82, 2.24) is 15.3 Å². The number of carbonyl (C=O) groups is 2. The van der Waals surface area contributed by atoms with Crippen LogP contribution in [-0.2, 0) is 4.79 Å². The molecular formula is C20H23F3N4O3. The third-order valence-corrected chi connectivity index (χ3v) is 3.87. The number of aromatic nitrogens is 2. The first-order chi connectivity index (χ1) is 14.0. The molecule has 0 bridgehead atoms. The van der Waals surface area contributed by atoms with Gasteiger partial charge in [-0.3, -0.25) is 9.59 Å². The summed E-state index contributed by atoms with van der Waals surface area (Å²) < 4.78 is 41.0. The molecule has 0 aliphatic rings. The summed E-state index contributed by atoms with van der Waals surface area (Å²) in [5, 5.41) is 5.48. The number of halogens is 3.